The lowest BCUT2D eigenvalue weighted by Crippen LogP contribution is -2.27. The van der Waals surface area contributed by atoms with Crippen LogP contribution in [0.2, 0.25) is 0 Å². The average Bonchev–Trinajstić information content (AvgIpc) is 2.99. The summed E-state index contributed by atoms with van der Waals surface area (Å²) in [6.07, 6.45) is 1.83. The molecule has 3 heterocycles. The van der Waals surface area contributed by atoms with Crippen LogP contribution < -0.4 is 0 Å². The second-order valence-electron chi connectivity index (χ2n) is 6.34. The Kier molecular flexibility index (Phi) is 3.36. The lowest BCUT2D eigenvalue weighted by atomic mass is 10.1. The van der Waals surface area contributed by atoms with Crippen molar-refractivity contribution in [2.45, 2.75) is 32.9 Å². The number of aromatic nitrogens is 1. The molecule has 0 aliphatic carbocycles. The number of nitrogens with zero attached hydrogens (tertiary/aromatic N) is 2. The standard InChI is InChI=1S/C16H18N2O3S/c1-16(2,3)21-15(20)10-5-7-18-11-6-8-22-13(11)14(19)17(4)9-12(10)18/h5-8H,9H2,1-4H3. The fourth-order valence-electron chi connectivity index (χ4n) is 2.49. The number of thiophene rings is 1. The van der Waals surface area contributed by atoms with Gasteiger partial charge < -0.3 is 14.2 Å². The van der Waals surface area contributed by atoms with Crippen LogP contribution in [0, 0.1) is 0 Å². The molecule has 0 saturated heterocycles. The van der Waals surface area contributed by atoms with Crippen molar-refractivity contribution in [3.8, 4) is 5.69 Å². The van der Waals surface area contributed by atoms with Crippen molar-refractivity contribution in [2.24, 2.45) is 0 Å². The summed E-state index contributed by atoms with van der Waals surface area (Å²) >= 11 is 1.41. The zero-order valence-corrected chi connectivity index (χ0v) is 13.9. The maximum Gasteiger partial charge on any atom is 0.340 e. The lowest BCUT2D eigenvalue weighted by Gasteiger charge is -2.20. The van der Waals surface area contributed by atoms with E-state index in [2.05, 4.69) is 0 Å². The molecule has 1 amide bonds. The zero-order chi connectivity index (χ0) is 16.1. The quantitative estimate of drug-likeness (QED) is 0.759. The molecule has 22 heavy (non-hydrogen) atoms. The van der Waals surface area contributed by atoms with Gasteiger partial charge in [0, 0.05) is 13.2 Å². The third kappa shape index (κ3) is 2.43. The van der Waals surface area contributed by atoms with Crippen molar-refractivity contribution in [3.05, 3.63) is 39.8 Å². The zero-order valence-electron chi connectivity index (χ0n) is 13.0. The smallest absolute Gasteiger partial charge is 0.340 e. The Hall–Kier alpha value is -2.08. The molecule has 1 aliphatic rings. The molecular formula is C16H18N2O3S. The van der Waals surface area contributed by atoms with E-state index < -0.39 is 5.60 Å². The summed E-state index contributed by atoms with van der Waals surface area (Å²) in [6, 6.07) is 3.66. The highest BCUT2D eigenvalue weighted by Crippen LogP contribution is 2.30. The first-order valence-electron chi connectivity index (χ1n) is 7.05. The third-order valence-corrected chi connectivity index (χ3v) is 4.33. The average molecular weight is 318 g/mol. The van der Waals surface area contributed by atoms with Gasteiger partial charge in [-0.3, -0.25) is 4.79 Å². The minimum absolute atomic E-state index is 0.0242. The number of amides is 1. The molecule has 1 aliphatic heterocycles. The summed E-state index contributed by atoms with van der Waals surface area (Å²) in [5.41, 5.74) is 1.56. The molecule has 0 saturated carbocycles. The maximum absolute atomic E-state index is 12.4. The fraction of sp³-hybridized carbons (Fsp3) is 0.375. The molecule has 6 heteroatoms. The summed E-state index contributed by atoms with van der Waals surface area (Å²) in [4.78, 5) is 27.1. The number of fused-ring (bicyclic) bond motifs is 3. The van der Waals surface area contributed by atoms with Crippen molar-refractivity contribution in [3.63, 3.8) is 0 Å². The minimum Gasteiger partial charge on any atom is -0.456 e. The molecule has 0 unspecified atom stereocenters. The number of ether oxygens (including phenoxy) is 1. The van der Waals surface area contributed by atoms with E-state index in [0.29, 0.717) is 17.0 Å². The highest BCUT2D eigenvalue weighted by Gasteiger charge is 2.29. The van der Waals surface area contributed by atoms with Gasteiger partial charge in [0.2, 0.25) is 0 Å². The second-order valence-corrected chi connectivity index (χ2v) is 7.26. The lowest BCUT2D eigenvalue weighted by molar-refractivity contribution is 0.00672. The minimum atomic E-state index is -0.550. The van der Waals surface area contributed by atoms with E-state index in [1.54, 1.807) is 18.0 Å². The monoisotopic (exact) mass is 318 g/mol. The van der Waals surface area contributed by atoms with Gasteiger partial charge in [-0.25, -0.2) is 4.79 Å². The molecule has 0 atom stereocenters. The third-order valence-electron chi connectivity index (χ3n) is 3.44. The molecule has 2 aromatic heterocycles. The van der Waals surface area contributed by atoms with Crippen LogP contribution in [0.4, 0.5) is 0 Å². The molecule has 3 rings (SSSR count). The Balaban J connectivity index is 2.08. The largest absolute Gasteiger partial charge is 0.456 e. The summed E-state index contributed by atoms with van der Waals surface area (Å²) in [5.74, 6) is -0.385. The first-order valence-corrected chi connectivity index (χ1v) is 7.93. The fourth-order valence-corrected chi connectivity index (χ4v) is 3.37. The Labute approximate surface area is 133 Å². The Morgan fingerprint density at radius 2 is 2.05 bits per heavy atom. The predicted octanol–water partition coefficient (Wildman–Crippen LogP) is 3.08. The van der Waals surface area contributed by atoms with Crippen LogP contribution in [-0.2, 0) is 11.3 Å². The second kappa shape index (κ2) is 4.98. The highest BCUT2D eigenvalue weighted by molar-refractivity contribution is 7.12. The molecule has 0 N–H and O–H groups in total. The van der Waals surface area contributed by atoms with Crippen molar-refractivity contribution in [2.75, 3.05) is 7.05 Å². The van der Waals surface area contributed by atoms with Crippen LogP contribution in [-0.4, -0.2) is 34.0 Å². The van der Waals surface area contributed by atoms with Crippen LogP contribution in [0.15, 0.2) is 23.7 Å². The molecule has 0 aromatic carbocycles. The summed E-state index contributed by atoms with van der Waals surface area (Å²) in [5, 5.41) is 1.89. The highest BCUT2D eigenvalue weighted by atomic mass is 32.1. The summed E-state index contributed by atoms with van der Waals surface area (Å²) in [6.45, 7) is 5.90. The first-order chi connectivity index (χ1) is 10.3. The van der Waals surface area contributed by atoms with Crippen molar-refractivity contribution in [1.82, 2.24) is 9.47 Å². The van der Waals surface area contributed by atoms with E-state index >= 15 is 0 Å². The van der Waals surface area contributed by atoms with Crippen molar-refractivity contribution in [1.29, 1.82) is 0 Å². The van der Waals surface area contributed by atoms with E-state index in [1.165, 1.54) is 11.3 Å². The van der Waals surface area contributed by atoms with Gasteiger partial charge in [0.1, 0.15) is 10.5 Å². The van der Waals surface area contributed by atoms with Gasteiger partial charge in [-0.15, -0.1) is 11.3 Å². The molecule has 0 radical (unpaired) electrons. The first kappa shape index (κ1) is 14.8. The Bertz CT molecular complexity index is 752. The SMILES string of the molecule is CN1Cc2c(C(=O)OC(C)(C)C)ccn2-c2ccsc2C1=O. The molecule has 0 fully saturated rings. The van der Waals surface area contributed by atoms with Crippen LogP contribution in [0.1, 0.15) is 46.5 Å². The molecule has 116 valence electrons. The number of carbonyl (C=O) groups is 2. The number of rotatable bonds is 1. The summed E-state index contributed by atoms with van der Waals surface area (Å²) in [7, 11) is 1.74. The van der Waals surface area contributed by atoms with Gasteiger partial charge >= 0.3 is 5.97 Å². The Morgan fingerprint density at radius 3 is 2.73 bits per heavy atom. The Morgan fingerprint density at radius 1 is 1.32 bits per heavy atom. The number of hydrogen-bond acceptors (Lipinski definition) is 4. The summed E-state index contributed by atoms with van der Waals surface area (Å²) < 4.78 is 7.38. The van der Waals surface area contributed by atoms with E-state index in [9.17, 15) is 9.59 Å². The molecule has 0 bridgehead atoms. The maximum atomic E-state index is 12.4. The van der Waals surface area contributed by atoms with Crippen molar-refractivity contribution >= 4 is 23.2 Å². The molecule has 0 spiro atoms. The number of esters is 1. The topological polar surface area (TPSA) is 51.5 Å². The van der Waals surface area contributed by atoms with Crippen molar-refractivity contribution < 1.29 is 14.3 Å². The number of hydrogen-bond donors (Lipinski definition) is 0. The molecule has 2 aromatic rings. The molecule has 5 nitrogen and oxygen atoms in total. The normalized spacial score (nSPS) is 14.4. The molecular weight excluding hydrogens is 300 g/mol. The number of carbonyl (C=O) groups excluding carboxylic acids is 2. The van der Waals surface area contributed by atoms with Crippen LogP contribution in [0.5, 0.6) is 0 Å². The van der Waals surface area contributed by atoms with E-state index in [0.717, 1.165) is 11.4 Å². The van der Waals surface area contributed by atoms with E-state index in [1.807, 2.05) is 43.0 Å². The predicted molar refractivity (Wildman–Crippen MR) is 84.6 cm³/mol. The van der Waals surface area contributed by atoms with Gasteiger partial charge in [0.15, 0.2) is 0 Å². The van der Waals surface area contributed by atoms with E-state index in [-0.39, 0.29) is 11.9 Å². The van der Waals surface area contributed by atoms with Gasteiger partial charge in [0.05, 0.1) is 23.5 Å². The van der Waals surface area contributed by atoms with Gasteiger partial charge in [-0.2, -0.15) is 0 Å². The van der Waals surface area contributed by atoms with Crippen LogP contribution >= 0.6 is 11.3 Å². The van der Waals surface area contributed by atoms with Gasteiger partial charge in [0.25, 0.3) is 5.91 Å². The van der Waals surface area contributed by atoms with Gasteiger partial charge in [-0.1, -0.05) is 0 Å². The van der Waals surface area contributed by atoms with Gasteiger partial charge in [-0.05, 0) is 38.3 Å². The van der Waals surface area contributed by atoms with E-state index in [4.69, 9.17) is 4.74 Å². The van der Waals surface area contributed by atoms with Crippen LogP contribution in [0.25, 0.3) is 5.69 Å². The van der Waals surface area contributed by atoms with Crippen LogP contribution in [0.3, 0.4) is 0 Å².